The zero-order valence-corrected chi connectivity index (χ0v) is 19.6. The third kappa shape index (κ3) is 25.3. The van der Waals surface area contributed by atoms with Crippen LogP contribution in [-0.2, 0) is 19.0 Å². The van der Waals surface area contributed by atoms with Gasteiger partial charge in [-0.25, -0.2) is 0 Å². The second-order valence-corrected chi connectivity index (χ2v) is 7.90. The topological polar surface area (TPSA) is 77.0 Å². The Morgan fingerprint density at radius 3 is 1.57 bits per heavy atom. The SMILES string of the molecule is CCCCCCCCCCCCCCCC(=O)NCCOCCOCCOCCO. The Hall–Kier alpha value is -0.690. The lowest BCUT2D eigenvalue weighted by molar-refractivity contribution is -0.121. The van der Waals surface area contributed by atoms with Crippen LogP contribution in [0.2, 0.25) is 0 Å². The molecule has 0 heterocycles. The van der Waals surface area contributed by atoms with Crippen molar-refractivity contribution in [1.82, 2.24) is 5.32 Å². The maximum Gasteiger partial charge on any atom is 0.220 e. The molecule has 30 heavy (non-hydrogen) atoms. The molecule has 6 heteroatoms. The highest BCUT2D eigenvalue weighted by molar-refractivity contribution is 5.75. The second kappa shape index (κ2) is 26.3. The summed E-state index contributed by atoms with van der Waals surface area (Å²) in [5.41, 5.74) is 0. The van der Waals surface area contributed by atoms with Gasteiger partial charge in [-0.2, -0.15) is 0 Å². The number of aliphatic hydroxyl groups excluding tert-OH is 1. The Bertz CT molecular complexity index is 342. The molecule has 0 unspecified atom stereocenters. The van der Waals surface area contributed by atoms with Crippen molar-refractivity contribution in [2.45, 2.75) is 96.8 Å². The van der Waals surface area contributed by atoms with Crippen molar-refractivity contribution in [3.63, 3.8) is 0 Å². The summed E-state index contributed by atoms with van der Waals surface area (Å²) in [6.07, 6.45) is 17.8. The average Bonchev–Trinajstić information content (AvgIpc) is 2.75. The summed E-state index contributed by atoms with van der Waals surface area (Å²) in [7, 11) is 0. The molecule has 0 aliphatic carbocycles. The quantitative estimate of drug-likeness (QED) is 0.206. The number of rotatable bonds is 25. The highest BCUT2D eigenvalue weighted by Crippen LogP contribution is 2.12. The fourth-order valence-corrected chi connectivity index (χ4v) is 3.26. The smallest absolute Gasteiger partial charge is 0.220 e. The van der Waals surface area contributed by atoms with Crippen LogP contribution >= 0.6 is 0 Å². The summed E-state index contributed by atoms with van der Waals surface area (Å²) in [5, 5.41) is 11.5. The molecule has 0 atom stereocenters. The molecule has 0 saturated carbocycles. The van der Waals surface area contributed by atoms with E-state index in [1.54, 1.807) is 0 Å². The van der Waals surface area contributed by atoms with Crippen molar-refractivity contribution in [3.8, 4) is 0 Å². The van der Waals surface area contributed by atoms with E-state index in [9.17, 15) is 4.79 Å². The molecule has 0 aromatic rings. The molecule has 0 aliphatic heterocycles. The lowest BCUT2D eigenvalue weighted by Crippen LogP contribution is -2.27. The Morgan fingerprint density at radius 2 is 1.07 bits per heavy atom. The van der Waals surface area contributed by atoms with Gasteiger partial charge in [-0.05, 0) is 6.42 Å². The minimum absolute atomic E-state index is 0.0359. The molecular formula is C24H49NO5. The monoisotopic (exact) mass is 431 g/mol. The summed E-state index contributed by atoms with van der Waals surface area (Å²) in [6, 6.07) is 0. The number of ether oxygens (including phenoxy) is 3. The number of unbranched alkanes of at least 4 members (excludes halogenated alkanes) is 12. The molecule has 0 fully saturated rings. The third-order valence-corrected chi connectivity index (χ3v) is 5.06. The van der Waals surface area contributed by atoms with Gasteiger partial charge in [0.15, 0.2) is 0 Å². The van der Waals surface area contributed by atoms with Gasteiger partial charge in [0.2, 0.25) is 5.91 Å². The zero-order chi connectivity index (χ0) is 22.0. The first-order valence-corrected chi connectivity index (χ1v) is 12.4. The van der Waals surface area contributed by atoms with E-state index in [0.29, 0.717) is 52.6 Å². The van der Waals surface area contributed by atoms with Gasteiger partial charge < -0.3 is 24.6 Å². The second-order valence-electron chi connectivity index (χ2n) is 7.90. The third-order valence-electron chi connectivity index (χ3n) is 5.06. The Kier molecular flexibility index (Phi) is 25.7. The highest BCUT2D eigenvalue weighted by atomic mass is 16.5. The van der Waals surface area contributed by atoms with Crippen LogP contribution in [0.3, 0.4) is 0 Å². The van der Waals surface area contributed by atoms with E-state index < -0.39 is 0 Å². The zero-order valence-electron chi connectivity index (χ0n) is 19.6. The van der Waals surface area contributed by atoms with Crippen molar-refractivity contribution in [2.24, 2.45) is 0 Å². The molecule has 6 nitrogen and oxygen atoms in total. The highest BCUT2D eigenvalue weighted by Gasteiger charge is 2.01. The van der Waals surface area contributed by atoms with Gasteiger partial charge >= 0.3 is 0 Å². The lowest BCUT2D eigenvalue weighted by Gasteiger charge is -2.07. The van der Waals surface area contributed by atoms with E-state index in [-0.39, 0.29) is 12.5 Å². The number of hydrogen-bond acceptors (Lipinski definition) is 5. The Labute approximate surface area is 185 Å². The normalized spacial score (nSPS) is 11.1. The number of aliphatic hydroxyl groups is 1. The molecule has 0 aromatic heterocycles. The first-order valence-electron chi connectivity index (χ1n) is 12.4. The van der Waals surface area contributed by atoms with Crippen LogP contribution in [0.25, 0.3) is 0 Å². The lowest BCUT2D eigenvalue weighted by atomic mass is 10.0. The van der Waals surface area contributed by atoms with Crippen LogP contribution in [0.4, 0.5) is 0 Å². The molecule has 180 valence electrons. The molecule has 0 radical (unpaired) electrons. The van der Waals surface area contributed by atoms with Crippen LogP contribution in [0.1, 0.15) is 96.8 Å². The molecule has 0 aromatic carbocycles. The van der Waals surface area contributed by atoms with Gasteiger partial charge in [-0.15, -0.1) is 0 Å². The first-order chi connectivity index (χ1) is 14.8. The number of amides is 1. The van der Waals surface area contributed by atoms with Crippen LogP contribution in [0.15, 0.2) is 0 Å². The number of nitrogens with one attached hydrogen (secondary N) is 1. The molecule has 0 spiro atoms. The summed E-state index contributed by atoms with van der Waals surface area (Å²) in [6.45, 7) is 5.71. The van der Waals surface area contributed by atoms with E-state index >= 15 is 0 Å². The van der Waals surface area contributed by atoms with Crippen molar-refractivity contribution in [1.29, 1.82) is 0 Å². The molecular weight excluding hydrogens is 382 g/mol. The Balaban J connectivity index is 3.13. The van der Waals surface area contributed by atoms with E-state index in [1.807, 2.05) is 0 Å². The standard InChI is InChI=1S/C24H49NO5/c1-2-3-4-5-6-7-8-9-10-11-12-13-14-15-24(27)25-16-18-28-20-22-30-23-21-29-19-17-26/h26H,2-23H2,1H3,(H,25,27). The van der Waals surface area contributed by atoms with Gasteiger partial charge in [0.05, 0.1) is 46.2 Å². The Morgan fingerprint density at radius 1 is 0.633 bits per heavy atom. The predicted octanol–water partition coefficient (Wildman–Crippen LogP) is 4.63. The maximum atomic E-state index is 11.8. The maximum absolute atomic E-state index is 11.8. The van der Waals surface area contributed by atoms with Crippen LogP contribution in [0, 0.1) is 0 Å². The molecule has 2 N–H and O–H groups in total. The van der Waals surface area contributed by atoms with Crippen LogP contribution in [0.5, 0.6) is 0 Å². The van der Waals surface area contributed by atoms with Gasteiger partial charge in [0.1, 0.15) is 0 Å². The molecule has 0 saturated heterocycles. The number of carbonyl (C=O) groups is 1. The summed E-state index contributed by atoms with van der Waals surface area (Å²) in [5.74, 6) is 0.124. The average molecular weight is 432 g/mol. The minimum atomic E-state index is 0.0359. The predicted molar refractivity (Wildman–Crippen MR) is 123 cm³/mol. The van der Waals surface area contributed by atoms with Gasteiger partial charge in [0, 0.05) is 13.0 Å². The molecule has 1 amide bonds. The van der Waals surface area contributed by atoms with Crippen molar-refractivity contribution >= 4 is 5.91 Å². The summed E-state index contributed by atoms with van der Waals surface area (Å²) >= 11 is 0. The van der Waals surface area contributed by atoms with Crippen molar-refractivity contribution in [2.75, 3.05) is 52.8 Å². The fraction of sp³-hybridized carbons (Fsp3) is 0.958. The van der Waals surface area contributed by atoms with Gasteiger partial charge in [-0.1, -0.05) is 84.0 Å². The minimum Gasteiger partial charge on any atom is -0.394 e. The van der Waals surface area contributed by atoms with E-state index in [4.69, 9.17) is 19.3 Å². The van der Waals surface area contributed by atoms with Crippen LogP contribution < -0.4 is 5.32 Å². The summed E-state index contributed by atoms with van der Waals surface area (Å²) < 4.78 is 15.8. The van der Waals surface area contributed by atoms with E-state index in [1.165, 1.54) is 70.6 Å². The first kappa shape index (κ1) is 29.3. The number of carbonyl (C=O) groups excluding carboxylic acids is 1. The fourth-order valence-electron chi connectivity index (χ4n) is 3.26. The number of hydrogen-bond donors (Lipinski definition) is 2. The largest absolute Gasteiger partial charge is 0.394 e. The van der Waals surface area contributed by atoms with E-state index in [0.717, 1.165) is 12.8 Å². The van der Waals surface area contributed by atoms with E-state index in [2.05, 4.69) is 12.2 Å². The summed E-state index contributed by atoms with van der Waals surface area (Å²) in [4.78, 5) is 11.8. The molecule has 0 rings (SSSR count). The van der Waals surface area contributed by atoms with Crippen molar-refractivity contribution in [3.05, 3.63) is 0 Å². The van der Waals surface area contributed by atoms with Crippen molar-refractivity contribution < 1.29 is 24.1 Å². The molecule has 0 aliphatic rings. The van der Waals surface area contributed by atoms with Gasteiger partial charge in [-0.3, -0.25) is 4.79 Å². The van der Waals surface area contributed by atoms with Crippen LogP contribution in [-0.4, -0.2) is 63.8 Å². The van der Waals surface area contributed by atoms with Gasteiger partial charge in [0.25, 0.3) is 0 Å². The molecule has 0 bridgehead atoms.